The third-order valence-electron chi connectivity index (χ3n) is 3.02. The molecule has 1 N–H and O–H groups in total. The van der Waals surface area contributed by atoms with Gasteiger partial charge in [0.1, 0.15) is 5.69 Å². The van der Waals surface area contributed by atoms with Gasteiger partial charge in [0.15, 0.2) is 5.76 Å². The van der Waals surface area contributed by atoms with E-state index in [2.05, 4.69) is 24.3 Å². The van der Waals surface area contributed by atoms with Gasteiger partial charge < -0.3 is 9.84 Å². The highest BCUT2D eigenvalue weighted by atomic mass is 16.6. The van der Waals surface area contributed by atoms with Gasteiger partial charge in [-0.05, 0) is 6.92 Å². The fourth-order valence-corrected chi connectivity index (χ4v) is 1.86. The summed E-state index contributed by atoms with van der Waals surface area (Å²) in [5, 5.41) is 18.1. The van der Waals surface area contributed by atoms with Gasteiger partial charge in [-0.1, -0.05) is 31.1 Å². The number of rotatable bonds is 5. The standard InChI is InChI=1S/C14H17N3O3/c1-9(2)15-8-13-10(3)14(20-16-13)11-5-4-6-12(7-11)17(18)19/h4-7,9,15H,8H2,1-3H3. The molecule has 2 rings (SSSR count). The van der Waals surface area contributed by atoms with E-state index in [9.17, 15) is 10.1 Å². The molecule has 0 unspecified atom stereocenters. The lowest BCUT2D eigenvalue weighted by atomic mass is 10.1. The topological polar surface area (TPSA) is 81.2 Å². The summed E-state index contributed by atoms with van der Waals surface area (Å²) < 4.78 is 5.34. The van der Waals surface area contributed by atoms with Crippen molar-refractivity contribution in [2.45, 2.75) is 33.4 Å². The van der Waals surface area contributed by atoms with Gasteiger partial charge in [0.2, 0.25) is 0 Å². The Bertz CT molecular complexity index is 620. The van der Waals surface area contributed by atoms with Crippen molar-refractivity contribution in [3.63, 3.8) is 0 Å². The highest BCUT2D eigenvalue weighted by Crippen LogP contribution is 2.28. The molecule has 0 aliphatic carbocycles. The van der Waals surface area contributed by atoms with Crippen LogP contribution in [0.5, 0.6) is 0 Å². The van der Waals surface area contributed by atoms with Gasteiger partial charge >= 0.3 is 0 Å². The Hall–Kier alpha value is -2.21. The first-order valence-electron chi connectivity index (χ1n) is 6.42. The maximum atomic E-state index is 10.8. The smallest absolute Gasteiger partial charge is 0.270 e. The van der Waals surface area contributed by atoms with E-state index in [1.165, 1.54) is 12.1 Å². The van der Waals surface area contributed by atoms with E-state index in [-0.39, 0.29) is 5.69 Å². The van der Waals surface area contributed by atoms with Crippen LogP contribution in [-0.4, -0.2) is 16.1 Å². The first kappa shape index (κ1) is 14.2. The van der Waals surface area contributed by atoms with E-state index in [1.807, 2.05) is 6.92 Å². The predicted octanol–water partition coefficient (Wildman–Crippen LogP) is 3.06. The Labute approximate surface area is 116 Å². The lowest BCUT2D eigenvalue weighted by Crippen LogP contribution is -2.22. The second-order valence-corrected chi connectivity index (χ2v) is 4.93. The Balaban J connectivity index is 2.29. The van der Waals surface area contributed by atoms with E-state index in [0.717, 1.165) is 11.3 Å². The Morgan fingerprint density at radius 1 is 1.45 bits per heavy atom. The van der Waals surface area contributed by atoms with E-state index in [1.54, 1.807) is 12.1 Å². The fraction of sp³-hybridized carbons (Fsp3) is 0.357. The molecule has 0 spiro atoms. The lowest BCUT2D eigenvalue weighted by Gasteiger charge is -2.05. The number of hydrogen-bond acceptors (Lipinski definition) is 5. The van der Waals surface area contributed by atoms with Crippen molar-refractivity contribution in [1.29, 1.82) is 0 Å². The maximum absolute atomic E-state index is 10.8. The second-order valence-electron chi connectivity index (χ2n) is 4.93. The molecule has 0 saturated carbocycles. The van der Waals surface area contributed by atoms with Gasteiger partial charge in [0, 0.05) is 35.8 Å². The van der Waals surface area contributed by atoms with Crippen molar-refractivity contribution in [3.05, 3.63) is 45.6 Å². The average Bonchev–Trinajstić information content (AvgIpc) is 2.78. The van der Waals surface area contributed by atoms with E-state index in [4.69, 9.17) is 4.52 Å². The van der Waals surface area contributed by atoms with E-state index >= 15 is 0 Å². The van der Waals surface area contributed by atoms with Crippen LogP contribution >= 0.6 is 0 Å². The predicted molar refractivity (Wildman–Crippen MR) is 75.3 cm³/mol. The number of hydrogen-bond donors (Lipinski definition) is 1. The molecule has 1 aromatic carbocycles. The van der Waals surface area contributed by atoms with E-state index in [0.29, 0.717) is 23.9 Å². The number of benzene rings is 1. The zero-order valence-corrected chi connectivity index (χ0v) is 11.7. The minimum absolute atomic E-state index is 0.0418. The van der Waals surface area contributed by atoms with Crippen molar-refractivity contribution in [3.8, 4) is 11.3 Å². The van der Waals surface area contributed by atoms with Crippen molar-refractivity contribution < 1.29 is 9.45 Å². The highest BCUT2D eigenvalue weighted by Gasteiger charge is 2.16. The number of nitro benzene ring substituents is 1. The van der Waals surface area contributed by atoms with Crippen LogP contribution in [-0.2, 0) is 6.54 Å². The summed E-state index contributed by atoms with van der Waals surface area (Å²) in [4.78, 5) is 10.4. The van der Waals surface area contributed by atoms with Crippen LogP contribution in [0.15, 0.2) is 28.8 Å². The molecular formula is C14H17N3O3. The Kier molecular flexibility index (Phi) is 4.14. The fourth-order valence-electron chi connectivity index (χ4n) is 1.86. The van der Waals surface area contributed by atoms with Crippen LogP contribution in [0.3, 0.4) is 0 Å². The van der Waals surface area contributed by atoms with Crippen molar-refractivity contribution in [2.75, 3.05) is 0 Å². The maximum Gasteiger partial charge on any atom is 0.270 e. The molecule has 6 heteroatoms. The van der Waals surface area contributed by atoms with Gasteiger partial charge in [-0.15, -0.1) is 0 Å². The summed E-state index contributed by atoms with van der Waals surface area (Å²) in [6.07, 6.45) is 0. The number of non-ortho nitro benzene ring substituents is 1. The van der Waals surface area contributed by atoms with Crippen LogP contribution in [0.25, 0.3) is 11.3 Å². The molecule has 6 nitrogen and oxygen atoms in total. The van der Waals surface area contributed by atoms with Crippen molar-refractivity contribution >= 4 is 5.69 Å². The van der Waals surface area contributed by atoms with Crippen molar-refractivity contribution in [2.24, 2.45) is 0 Å². The molecular weight excluding hydrogens is 258 g/mol. The number of aromatic nitrogens is 1. The monoisotopic (exact) mass is 275 g/mol. The molecule has 20 heavy (non-hydrogen) atoms. The Morgan fingerprint density at radius 3 is 2.85 bits per heavy atom. The normalized spacial score (nSPS) is 11.0. The summed E-state index contributed by atoms with van der Waals surface area (Å²) >= 11 is 0. The quantitative estimate of drug-likeness (QED) is 0.670. The number of nitrogens with zero attached hydrogens (tertiary/aromatic N) is 2. The molecule has 1 heterocycles. The van der Waals surface area contributed by atoms with Gasteiger partial charge in [0.05, 0.1) is 4.92 Å². The first-order valence-corrected chi connectivity index (χ1v) is 6.42. The summed E-state index contributed by atoms with van der Waals surface area (Å²) in [5.41, 5.74) is 2.43. The third kappa shape index (κ3) is 3.03. The molecule has 0 saturated heterocycles. The highest BCUT2D eigenvalue weighted by molar-refractivity contribution is 5.64. The molecule has 2 aromatic rings. The Morgan fingerprint density at radius 2 is 2.20 bits per heavy atom. The van der Waals surface area contributed by atoms with Crippen LogP contribution in [0, 0.1) is 17.0 Å². The zero-order chi connectivity index (χ0) is 14.7. The van der Waals surface area contributed by atoms with Gasteiger partial charge in [-0.3, -0.25) is 10.1 Å². The molecule has 0 aliphatic heterocycles. The summed E-state index contributed by atoms with van der Waals surface area (Å²) in [6, 6.07) is 6.72. The molecule has 0 fully saturated rings. The summed E-state index contributed by atoms with van der Waals surface area (Å²) in [6.45, 7) is 6.62. The summed E-state index contributed by atoms with van der Waals surface area (Å²) in [7, 11) is 0. The van der Waals surface area contributed by atoms with E-state index < -0.39 is 4.92 Å². The molecule has 0 aliphatic rings. The SMILES string of the molecule is Cc1c(CNC(C)C)noc1-c1cccc([N+](=O)[O-])c1. The first-order chi connectivity index (χ1) is 9.49. The van der Waals surface area contributed by atoms with Gasteiger partial charge in [-0.25, -0.2) is 0 Å². The molecule has 0 bridgehead atoms. The average molecular weight is 275 g/mol. The van der Waals surface area contributed by atoms with Crippen LogP contribution in [0.4, 0.5) is 5.69 Å². The zero-order valence-electron chi connectivity index (χ0n) is 11.7. The van der Waals surface area contributed by atoms with Gasteiger partial charge in [0.25, 0.3) is 5.69 Å². The largest absolute Gasteiger partial charge is 0.356 e. The minimum Gasteiger partial charge on any atom is -0.356 e. The van der Waals surface area contributed by atoms with Crippen LogP contribution < -0.4 is 5.32 Å². The molecule has 1 aromatic heterocycles. The minimum atomic E-state index is -0.420. The number of nitrogens with one attached hydrogen (secondary N) is 1. The third-order valence-corrected chi connectivity index (χ3v) is 3.02. The van der Waals surface area contributed by atoms with Crippen LogP contribution in [0.1, 0.15) is 25.1 Å². The molecule has 0 radical (unpaired) electrons. The molecule has 0 amide bonds. The van der Waals surface area contributed by atoms with Crippen molar-refractivity contribution in [1.82, 2.24) is 10.5 Å². The summed E-state index contributed by atoms with van der Waals surface area (Å²) in [5.74, 6) is 0.578. The second kappa shape index (κ2) is 5.83. The van der Waals surface area contributed by atoms with Gasteiger partial charge in [-0.2, -0.15) is 0 Å². The van der Waals surface area contributed by atoms with Crippen LogP contribution in [0.2, 0.25) is 0 Å². The molecule has 0 atom stereocenters. The number of nitro groups is 1. The molecule has 106 valence electrons. The lowest BCUT2D eigenvalue weighted by molar-refractivity contribution is -0.384.